The molecule has 1 nitrogen and oxygen atoms in total. The van der Waals surface area contributed by atoms with Crippen molar-refractivity contribution >= 4 is 43.4 Å². The lowest BCUT2D eigenvalue weighted by molar-refractivity contribution is 1.24. The van der Waals surface area contributed by atoms with Gasteiger partial charge in [0.1, 0.15) is 0 Å². The van der Waals surface area contributed by atoms with Crippen LogP contribution in [0.5, 0.6) is 0 Å². The van der Waals surface area contributed by atoms with Crippen LogP contribution in [-0.4, -0.2) is 4.57 Å². The van der Waals surface area contributed by atoms with Gasteiger partial charge in [0.25, 0.3) is 0 Å². The second-order valence-electron chi connectivity index (χ2n) is 9.28. The van der Waals surface area contributed by atoms with Crippen molar-refractivity contribution in [3.05, 3.63) is 151 Å². The monoisotopic (exact) mass is 551 g/mol. The predicted octanol–water partition coefficient (Wildman–Crippen LogP) is 10.8. The summed E-state index contributed by atoms with van der Waals surface area (Å²) in [5, 5.41) is 2.43. The van der Waals surface area contributed by atoms with Crippen LogP contribution in [0.15, 0.2) is 151 Å². The van der Waals surface area contributed by atoms with E-state index in [0.29, 0.717) is 0 Å². The Kier molecular flexibility index (Phi) is 6.41. The minimum atomic E-state index is 0.997. The number of nitrogens with zero attached hydrogens (tertiary/aromatic N) is 1. The van der Waals surface area contributed by atoms with Gasteiger partial charge in [0, 0.05) is 20.9 Å². The Balaban J connectivity index is 1.51. The topological polar surface area (TPSA) is 4.93 Å². The van der Waals surface area contributed by atoms with Gasteiger partial charge in [0.05, 0.1) is 11.0 Å². The van der Waals surface area contributed by atoms with Gasteiger partial charge in [-0.1, -0.05) is 120 Å². The standard InChI is InChI=1S/C36H26BrN/c1-3-8-32(4-2)38-35-22-18-29(28-13-11-26(12-14-28)27-15-19-31(37)20-16-27)23-34(35)33-21-17-30(24-36(33)38)25-9-6-5-7-10-25/h3-24H,1-2H2/b32-8+. The van der Waals surface area contributed by atoms with Crippen molar-refractivity contribution < 1.29 is 0 Å². The summed E-state index contributed by atoms with van der Waals surface area (Å²) in [6.07, 6.45) is 5.72. The fourth-order valence-electron chi connectivity index (χ4n) is 5.14. The summed E-state index contributed by atoms with van der Waals surface area (Å²) in [7, 11) is 0. The predicted molar refractivity (Wildman–Crippen MR) is 168 cm³/mol. The van der Waals surface area contributed by atoms with Crippen molar-refractivity contribution in [1.82, 2.24) is 4.57 Å². The fraction of sp³-hybridized carbons (Fsp3) is 0. The van der Waals surface area contributed by atoms with Gasteiger partial charge in [0.15, 0.2) is 0 Å². The zero-order chi connectivity index (χ0) is 26.1. The van der Waals surface area contributed by atoms with E-state index in [1.54, 1.807) is 0 Å². The third-order valence-electron chi connectivity index (χ3n) is 7.03. The Morgan fingerprint density at radius 3 is 1.76 bits per heavy atom. The van der Waals surface area contributed by atoms with Gasteiger partial charge in [-0.05, 0) is 75.9 Å². The summed E-state index contributed by atoms with van der Waals surface area (Å²) in [4.78, 5) is 0. The van der Waals surface area contributed by atoms with Crippen LogP contribution in [0.1, 0.15) is 0 Å². The first kappa shape index (κ1) is 24.0. The van der Waals surface area contributed by atoms with Gasteiger partial charge in [0.2, 0.25) is 0 Å². The van der Waals surface area contributed by atoms with E-state index >= 15 is 0 Å². The minimum Gasteiger partial charge on any atom is -0.309 e. The first-order valence-electron chi connectivity index (χ1n) is 12.6. The van der Waals surface area contributed by atoms with Crippen LogP contribution >= 0.6 is 15.9 Å². The van der Waals surface area contributed by atoms with Crippen molar-refractivity contribution in [3.63, 3.8) is 0 Å². The molecule has 0 aliphatic heterocycles. The van der Waals surface area contributed by atoms with Crippen LogP contribution in [0.4, 0.5) is 0 Å². The molecule has 0 unspecified atom stereocenters. The van der Waals surface area contributed by atoms with E-state index in [9.17, 15) is 0 Å². The molecule has 1 aromatic heterocycles. The van der Waals surface area contributed by atoms with Crippen molar-refractivity contribution in [2.75, 3.05) is 0 Å². The van der Waals surface area contributed by atoms with Crippen LogP contribution in [0.25, 0.3) is 60.9 Å². The molecule has 0 fully saturated rings. The lowest BCUT2D eigenvalue weighted by atomic mass is 9.98. The number of aromatic nitrogens is 1. The first-order valence-corrected chi connectivity index (χ1v) is 13.4. The Morgan fingerprint density at radius 1 is 0.553 bits per heavy atom. The molecule has 0 aliphatic carbocycles. The Morgan fingerprint density at radius 2 is 1.11 bits per heavy atom. The van der Waals surface area contributed by atoms with E-state index in [4.69, 9.17) is 0 Å². The number of halogens is 1. The highest BCUT2D eigenvalue weighted by molar-refractivity contribution is 9.10. The molecule has 182 valence electrons. The maximum absolute atomic E-state index is 4.09. The largest absolute Gasteiger partial charge is 0.309 e. The molecular weight excluding hydrogens is 526 g/mol. The Bertz CT molecular complexity index is 1820. The molecule has 0 radical (unpaired) electrons. The van der Waals surface area contributed by atoms with E-state index in [2.05, 4.69) is 149 Å². The van der Waals surface area contributed by atoms with Crippen molar-refractivity contribution in [2.45, 2.75) is 0 Å². The quantitative estimate of drug-likeness (QED) is 0.181. The van der Waals surface area contributed by atoms with Crippen LogP contribution in [0.2, 0.25) is 0 Å². The van der Waals surface area contributed by atoms with Crippen LogP contribution in [0, 0.1) is 0 Å². The highest BCUT2D eigenvalue weighted by Crippen LogP contribution is 2.37. The van der Waals surface area contributed by atoms with Gasteiger partial charge in [-0.2, -0.15) is 0 Å². The lowest BCUT2D eigenvalue weighted by Crippen LogP contribution is -1.94. The normalized spacial score (nSPS) is 11.7. The first-order chi connectivity index (χ1) is 18.7. The second-order valence-corrected chi connectivity index (χ2v) is 10.2. The highest BCUT2D eigenvalue weighted by atomic mass is 79.9. The molecule has 0 bridgehead atoms. The molecule has 0 atom stereocenters. The maximum atomic E-state index is 4.09. The summed E-state index contributed by atoms with van der Waals surface area (Å²) in [6.45, 7) is 8.02. The minimum absolute atomic E-state index is 0.997. The van der Waals surface area contributed by atoms with Crippen LogP contribution in [-0.2, 0) is 0 Å². The van der Waals surface area contributed by atoms with E-state index in [-0.39, 0.29) is 0 Å². The third-order valence-corrected chi connectivity index (χ3v) is 7.55. The summed E-state index contributed by atoms with van der Waals surface area (Å²) in [5.41, 5.74) is 10.5. The number of rotatable bonds is 6. The number of fused-ring (bicyclic) bond motifs is 3. The van der Waals surface area contributed by atoms with Gasteiger partial charge in [-0.15, -0.1) is 0 Å². The molecule has 1 heterocycles. The van der Waals surface area contributed by atoms with Crippen LogP contribution < -0.4 is 0 Å². The van der Waals surface area contributed by atoms with E-state index < -0.39 is 0 Å². The summed E-state index contributed by atoms with van der Waals surface area (Å²) < 4.78 is 3.37. The van der Waals surface area contributed by atoms with E-state index in [1.165, 1.54) is 44.2 Å². The second kappa shape index (κ2) is 10.2. The van der Waals surface area contributed by atoms with Crippen LogP contribution in [0.3, 0.4) is 0 Å². The van der Waals surface area contributed by atoms with Gasteiger partial charge >= 0.3 is 0 Å². The number of benzene rings is 5. The smallest absolute Gasteiger partial charge is 0.0547 e. The van der Waals surface area contributed by atoms with Crippen molar-refractivity contribution in [2.24, 2.45) is 0 Å². The Hall–Kier alpha value is -4.40. The SMILES string of the molecule is C=C/C=C(\C=C)n1c2ccc(-c3ccc(-c4ccc(Br)cc4)cc3)cc2c2ccc(-c3ccccc3)cc21. The zero-order valence-electron chi connectivity index (χ0n) is 20.9. The molecule has 0 N–H and O–H groups in total. The van der Waals surface area contributed by atoms with Gasteiger partial charge < -0.3 is 4.57 Å². The van der Waals surface area contributed by atoms with E-state index in [1.807, 2.05) is 18.2 Å². The maximum Gasteiger partial charge on any atom is 0.0547 e. The average molecular weight is 553 g/mol. The molecule has 5 aromatic carbocycles. The van der Waals surface area contributed by atoms with Crippen molar-refractivity contribution in [3.8, 4) is 33.4 Å². The number of hydrogen-bond acceptors (Lipinski definition) is 0. The molecule has 0 saturated heterocycles. The number of hydrogen-bond donors (Lipinski definition) is 0. The number of allylic oxidation sites excluding steroid dienone is 4. The molecule has 0 amide bonds. The van der Waals surface area contributed by atoms with E-state index in [0.717, 1.165) is 21.2 Å². The zero-order valence-corrected chi connectivity index (χ0v) is 22.5. The summed E-state index contributed by atoms with van der Waals surface area (Å²) in [5.74, 6) is 0. The molecule has 6 aromatic rings. The molecule has 0 aliphatic rings. The molecule has 38 heavy (non-hydrogen) atoms. The average Bonchev–Trinajstić information content (AvgIpc) is 3.29. The third kappa shape index (κ3) is 4.34. The molecular formula is C36H26BrN. The molecule has 2 heteroatoms. The lowest BCUT2D eigenvalue weighted by Gasteiger charge is -2.10. The Labute approximate surface area is 231 Å². The summed E-state index contributed by atoms with van der Waals surface area (Å²) in [6, 6.07) is 41.2. The molecule has 0 spiro atoms. The highest BCUT2D eigenvalue weighted by Gasteiger charge is 2.15. The van der Waals surface area contributed by atoms with Gasteiger partial charge in [-0.25, -0.2) is 0 Å². The fourth-order valence-corrected chi connectivity index (χ4v) is 5.41. The summed E-state index contributed by atoms with van der Waals surface area (Å²) >= 11 is 3.52. The molecule has 6 rings (SSSR count). The van der Waals surface area contributed by atoms with Gasteiger partial charge in [-0.3, -0.25) is 0 Å². The molecule has 0 saturated carbocycles. The van der Waals surface area contributed by atoms with Crippen molar-refractivity contribution in [1.29, 1.82) is 0 Å².